The Bertz CT molecular complexity index is 1330. The van der Waals surface area contributed by atoms with E-state index in [2.05, 4.69) is 32.2 Å². The summed E-state index contributed by atoms with van der Waals surface area (Å²) in [6, 6.07) is 16.1. The van der Waals surface area contributed by atoms with E-state index in [1.807, 2.05) is 54.1 Å². The molecule has 2 heterocycles. The molecule has 1 unspecified atom stereocenters. The lowest BCUT2D eigenvalue weighted by molar-refractivity contribution is -0.123. The summed E-state index contributed by atoms with van der Waals surface area (Å²) in [5, 5.41) is 8.65. The van der Waals surface area contributed by atoms with Gasteiger partial charge in [0.2, 0.25) is 11.8 Å². The van der Waals surface area contributed by atoms with Crippen LogP contribution in [0.2, 0.25) is 5.02 Å². The second-order valence-corrected chi connectivity index (χ2v) is 12.2. The fourth-order valence-electron chi connectivity index (χ4n) is 4.59. The molecule has 1 atom stereocenters. The number of thioether (sulfide) groups is 1. The monoisotopic (exact) mass is 522 g/mol. The van der Waals surface area contributed by atoms with Crippen molar-refractivity contribution in [3.63, 3.8) is 0 Å². The van der Waals surface area contributed by atoms with E-state index in [-0.39, 0.29) is 40.8 Å². The number of anilines is 1. The van der Waals surface area contributed by atoms with Crippen molar-refractivity contribution in [1.29, 1.82) is 0 Å². The van der Waals surface area contributed by atoms with E-state index in [9.17, 15) is 9.59 Å². The summed E-state index contributed by atoms with van der Waals surface area (Å²) in [7, 11) is 0. The second-order valence-electron chi connectivity index (χ2n) is 10.7. The van der Waals surface area contributed by atoms with Crippen LogP contribution in [0.25, 0.3) is 5.69 Å². The van der Waals surface area contributed by atoms with Crippen molar-refractivity contribution < 1.29 is 9.59 Å². The smallest absolute Gasteiger partial charge is 0.240 e. The molecular formula is C28H31ClN4O2S. The van der Waals surface area contributed by atoms with Gasteiger partial charge >= 0.3 is 0 Å². The van der Waals surface area contributed by atoms with E-state index in [1.165, 1.54) is 0 Å². The van der Waals surface area contributed by atoms with Crippen LogP contribution in [0.1, 0.15) is 61.2 Å². The van der Waals surface area contributed by atoms with Gasteiger partial charge in [-0.3, -0.25) is 14.5 Å². The van der Waals surface area contributed by atoms with Crippen molar-refractivity contribution in [2.24, 2.45) is 0 Å². The van der Waals surface area contributed by atoms with E-state index < -0.39 is 0 Å². The molecule has 8 heteroatoms. The number of carbonyl (C=O) groups excluding carboxylic acids is 2. The number of amides is 2. The molecule has 1 aromatic heterocycles. The minimum absolute atomic E-state index is 0.0355. The molecule has 188 valence electrons. The molecule has 0 spiro atoms. The first-order valence-electron chi connectivity index (χ1n) is 12.3. The van der Waals surface area contributed by atoms with Gasteiger partial charge in [0.15, 0.2) is 0 Å². The Balaban J connectivity index is 1.75. The fraction of sp³-hybridized carbons (Fsp3) is 0.393. The molecule has 0 saturated heterocycles. The number of hydrogen-bond acceptors (Lipinski definition) is 4. The largest absolute Gasteiger partial charge is 0.352 e. The summed E-state index contributed by atoms with van der Waals surface area (Å²) in [4.78, 5) is 28.2. The van der Waals surface area contributed by atoms with Crippen LogP contribution in [0, 0.1) is 6.92 Å². The van der Waals surface area contributed by atoms with Crippen molar-refractivity contribution in [3.05, 3.63) is 75.9 Å². The van der Waals surface area contributed by atoms with E-state index in [0.717, 1.165) is 40.9 Å². The van der Waals surface area contributed by atoms with Crippen molar-refractivity contribution >= 4 is 41.0 Å². The SMILES string of the molecule is Cc1cccc(-n2nc(C(C)(C)C)c3c2N(CC(=O)NC2CC2)C(=O)CSC3c2cccc(Cl)c2)c1. The Labute approximate surface area is 221 Å². The number of benzene rings is 2. The number of fused-ring (bicyclic) bond motifs is 1. The Hall–Kier alpha value is -2.77. The molecule has 6 nitrogen and oxygen atoms in total. The van der Waals surface area contributed by atoms with Crippen LogP contribution < -0.4 is 10.2 Å². The van der Waals surface area contributed by atoms with Gasteiger partial charge in [0, 0.05) is 22.0 Å². The number of carbonyl (C=O) groups is 2. The van der Waals surface area contributed by atoms with Crippen molar-refractivity contribution in [3.8, 4) is 5.69 Å². The number of rotatable bonds is 5. The highest BCUT2D eigenvalue weighted by Crippen LogP contribution is 2.48. The van der Waals surface area contributed by atoms with Crippen LogP contribution >= 0.6 is 23.4 Å². The third kappa shape index (κ3) is 5.04. The minimum atomic E-state index is -0.300. The van der Waals surface area contributed by atoms with E-state index in [0.29, 0.717) is 10.8 Å². The van der Waals surface area contributed by atoms with Gasteiger partial charge in [-0.25, -0.2) is 4.68 Å². The highest BCUT2D eigenvalue weighted by Gasteiger charge is 2.40. The predicted octanol–water partition coefficient (Wildman–Crippen LogP) is 5.58. The maximum atomic E-state index is 13.6. The Morgan fingerprint density at radius 1 is 1.17 bits per heavy atom. The first-order valence-corrected chi connectivity index (χ1v) is 13.7. The molecule has 5 rings (SSSR count). The molecule has 36 heavy (non-hydrogen) atoms. The standard InChI is InChI=1S/C28H31ClN4O2S/c1-17-7-5-10-21(13-17)33-27-24(26(31-33)28(2,3)4)25(18-8-6-9-19(29)14-18)36-16-23(35)32(27)15-22(34)30-20-11-12-20/h5-10,13-14,20,25H,11-12,15-16H2,1-4H3,(H,30,34). The van der Waals surface area contributed by atoms with Gasteiger partial charge in [0.05, 0.1) is 22.4 Å². The number of aromatic nitrogens is 2. The normalized spacial score (nSPS) is 18.1. The van der Waals surface area contributed by atoms with E-state index in [4.69, 9.17) is 16.7 Å². The van der Waals surface area contributed by atoms with Crippen molar-refractivity contribution in [1.82, 2.24) is 15.1 Å². The lowest BCUT2D eigenvalue weighted by Gasteiger charge is -2.24. The van der Waals surface area contributed by atoms with Gasteiger partial charge in [-0.1, -0.05) is 56.6 Å². The third-order valence-corrected chi connectivity index (χ3v) is 7.93. The average molecular weight is 523 g/mol. The quantitative estimate of drug-likeness (QED) is 0.475. The Morgan fingerprint density at radius 2 is 1.92 bits per heavy atom. The van der Waals surface area contributed by atoms with Crippen molar-refractivity contribution in [2.75, 3.05) is 17.2 Å². The number of hydrogen-bond donors (Lipinski definition) is 1. The molecule has 1 saturated carbocycles. The molecule has 1 aliphatic carbocycles. The lowest BCUT2D eigenvalue weighted by atomic mass is 9.87. The summed E-state index contributed by atoms with van der Waals surface area (Å²) in [5.41, 5.74) is 4.53. The van der Waals surface area contributed by atoms with Gasteiger partial charge in [0.25, 0.3) is 0 Å². The van der Waals surface area contributed by atoms with Gasteiger partial charge in [-0.15, -0.1) is 11.8 Å². The summed E-state index contributed by atoms with van der Waals surface area (Å²) < 4.78 is 1.86. The number of halogens is 1. The maximum absolute atomic E-state index is 13.6. The Morgan fingerprint density at radius 3 is 2.58 bits per heavy atom. The zero-order chi connectivity index (χ0) is 25.6. The van der Waals surface area contributed by atoms with Gasteiger partial charge in [-0.05, 0) is 55.2 Å². The van der Waals surface area contributed by atoms with Crippen LogP contribution in [-0.2, 0) is 15.0 Å². The highest BCUT2D eigenvalue weighted by atomic mass is 35.5. The molecule has 0 bridgehead atoms. The first-order chi connectivity index (χ1) is 17.1. The predicted molar refractivity (Wildman–Crippen MR) is 146 cm³/mol. The van der Waals surface area contributed by atoms with Gasteiger partial charge in [-0.2, -0.15) is 5.10 Å². The van der Waals surface area contributed by atoms with Gasteiger partial charge < -0.3 is 5.32 Å². The van der Waals surface area contributed by atoms with Crippen molar-refractivity contribution in [2.45, 2.75) is 57.2 Å². The molecule has 2 amide bonds. The summed E-state index contributed by atoms with van der Waals surface area (Å²) in [6.45, 7) is 8.39. The zero-order valence-electron chi connectivity index (χ0n) is 21.0. The molecular weight excluding hydrogens is 492 g/mol. The highest BCUT2D eigenvalue weighted by molar-refractivity contribution is 8.00. The summed E-state index contributed by atoms with van der Waals surface area (Å²) in [5.74, 6) is 0.666. The first kappa shape index (κ1) is 24.9. The molecule has 1 N–H and O–H groups in total. The lowest BCUT2D eigenvalue weighted by Crippen LogP contribution is -2.43. The number of nitrogens with zero attached hydrogens (tertiary/aromatic N) is 3. The maximum Gasteiger partial charge on any atom is 0.240 e. The third-order valence-electron chi connectivity index (χ3n) is 6.44. The minimum Gasteiger partial charge on any atom is -0.352 e. The molecule has 1 aliphatic heterocycles. The summed E-state index contributed by atoms with van der Waals surface area (Å²) in [6.07, 6.45) is 1.99. The molecule has 1 fully saturated rings. The van der Waals surface area contributed by atoms with Gasteiger partial charge in [0.1, 0.15) is 12.4 Å². The Kier molecular flexibility index (Phi) is 6.64. The van der Waals surface area contributed by atoms with Crippen LogP contribution in [0.4, 0.5) is 5.82 Å². The fourth-order valence-corrected chi connectivity index (χ4v) is 5.98. The van der Waals surface area contributed by atoms with E-state index >= 15 is 0 Å². The molecule has 2 aliphatic rings. The van der Waals surface area contributed by atoms with E-state index in [1.54, 1.807) is 16.7 Å². The number of nitrogens with one attached hydrogen (secondary N) is 1. The topological polar surface area (TPSA) is 67.2 Å². The van der Waals surface area contributed by atoms with Crippen LogP contribution in [0.3, 0.4) is 0 Å². The summed E-state index contributed by atoms with van der Waals surface area (Å²) >= 11 is 7.96. The molecule has 3 aromatic rings. The number of aryl methyl sites for hydroxylation is 1. The van der Waals surface area contributed by atoms with Crippen LogP contribution in [-0.4, -0.2) is 39.9 Å². The zero-order valence-corrected chi connectivity index (χ0v) is 22.6. The average Bonchev–Trinajstić information content (AvgIpc) is 3.55. The molecule has 0 radical (unpaired) electrons. The second kappa shape index (κ2) is 9.60. The van der Waals surface area contributed by atoms with Crippen LogP contribution in [0.5, 0.6) is 0 Å². The van der Waals surface area contributed by atoms with Crippen LogP contribution in [0.15, 0.2) is 48.5 Å². The molecule has 2 aromatic carbocycles.